The van der Waals surface area contributed by atoms with Crippen LogP contribution in [-0.4, -0.2) is 33.0 Å². The predicted octanol–water partition coefficient (Wildman–Crippen LogP) is 3.90. The molecule has 3 aromatic rings. The number of hydrogen-bond donors (Lipinski definition) is 2. The van der Waals surface area contributed by atoms with E-state index in [-0.39, 0.29) is 23.3 Å². The van der Waals surface area contributed by atoms with Crippen molar-refractivity contribution in [1.29, 1.82) is 0 Å². The summed E-state index contributed by atoms with van der Waals surface area (Å²) in [5, 5.41) is 5.43. The fraction of sp³-hybridized carbons (Fsp3) is 0.211. The standard InChI is InChI=1S/C19H17F3N6O2/c1-10(29)26-17-7-14(27-16-4-5-23-18(28-16)19(2,21)22)11(8-25-17)13-6-15(30-3)12(20)9-24-13/h4-9H,1-3H3,(H2,23,25,26,27,28,29). The number of pyridine rings is 2. The molecule has 0 saturated carbocycles. The molecule has 2 N–H and O–H groups in total. The van der Waals surface area contributed by atoms with Crippen molar-refractivity contribution in [3.63, 3.8) is 0 Å². The first-order valence-corrected chi connectivity index (χ1v) is 8.63. The monoisotopic (exact) mass is 418 g/mol. The van der Waals surface area contributed by atoms with Gasteiger partial charge < -0.3 is 15.4 Å². The summed E-state index contributed by atoms with van der Waals surface area (Å²) >= 11 is 0. The molecule has 0 saturated heterocycles. The zero-order valence-corrected chi connectivity index (χ0v) is 16.2. The van der Waals surface area contributed by atoms with E-state index in [1.54, 1.807) is 0 Å². The van der Waals surface area contributed by atoms with Gasteiger partial charge in [-0.25, -0.2) is 19.3 Å². The van der Waals surface area contributed by atoms with Gasteiger partial charge in [0.25, 0.3) is 0 Å². The Hall–Kier alpha value is -3.76. The highest BCUT2D eigenvalue weighted by Crippen LogP contribution is 2.33. The summed E-state index contributed by atoms with van der Waals surface area (Å²) in [5.74, 6) is -4.64. The number of aromatic nitrogens is 4. The maximum atomic E-state index is 13.7. The minimum Gasteiger partial charge on any atom is -0.494 e. The lowest BCUT2D eigenvalue weighted by Gasteiger charge is -2.15. The second-order valence-electron chi connectivity index (χ2n) is 6.28. The molecule has 0 bridgehead atoms. The van der Waals surface area contributed by atoms with E-state index >= 15 is 0 Å². The third kappa shape index (κ3) is 4.80. The molecule has 0 atom stereocenters. The number of carbonyl (C=O) groups is 1. The molecule has 0 spiro atoms. The number of nitrogens with one attached hydrogen (secondary N) is 2. The van der Waals surface area contributed by atoms with Crippen LogP contribution in [0.15, 0.2) is 36.8 Å². The Labute approximate surface area is 169 Å². The fourth-order valence-electron chi connectivity index (χ4n) is 2.51. The van der Waals surface area contributed by atoms with Gasteiger partial charge in [-0.3, -0.25) is 9.78 Å². The van der Waals surface area contributed by atoms with Crippen LogP contribution >= 0.6 is 0 Å². The molecule has 3 heterocycles. The zero-order chi connectivity index (χ0) is 21.9. The van der Waals surface area contributed by atoms with Crippen molar-refractivity contribution >= 4 is 23.2 Å². The summed E-state index contributed by atoms with van der Waals surface area (Å²) in [6.45, 7) is 2.00. The molecule has 0 radical (unpaired) electrons. The van der Waals surface area contributed by atoms with Gasteiger partial charge >= 0.3 is 5.92 Å². The number of carbonyl (C=O) groups excluding carboxylic acids is 1. The van der Waals surface area contributed by atoms with Gasteiger partial charge in [-0.2, -0.15) is 8.78 Å². The molecular formula is C19H17F3N6O2. The van der Waals surface area contributed by atoms with Crippen molar-refractivity contribution in [3.8, 4) is 17.0 Å². The number of halogens is 3. The smallest absolute Gasteiger partial charge is 0.303 e. The molecule has 3 rings (SSSR count). The van der Waals surface area contributed by atoms with Gasteiger partial charge in [-0.05, 0) is 6.07 Å². The summed E-state index contributed by atoms with van der Waals surface area (Å²) in [7, 11) is 1.31. The molecular weight excluding hydrogens is 401 g/mol. The Morgan fingerprint density at radius 1 is 1.13 bits per heavy atom. The van der Waals surface area contributed by atoms with Crippen molar-refractivity contribution in [2.24, 2.45) is 0 Å². The number of methoxy groups -OCH3 is 1. The minimum atomic E-state index is -3.23. The Morgan fingerprint density at radius 3 is 2.57 bits per heavy atom. The highest BCUT2D eigenvalue weighted by Gasteiger charge is 2.28. The first-order chi connectivity index (χ1) is 14.2. The topological polar surface area (TPSA) is 102 Å². The second kappa shape index (κ2) is 8.31. The second-order valence-corrected chi connectivity index (χ2v) is 6.28. The quantitative estimate of drug-likeness (QED) is 0.626. The van der Waals surface area contributed by atoms with Crippen molar-refractivity contribution in [3.05, 3.63) is 48.4 Å². The van der Waals surface area contributed by atoms with E-state index in [0.29, 0.717) is 23.9 Å². The number of anilines is 3. The predicted molar refractivity (Wildman–Crippen MR) is 103 cm³/mol. The number of rotatable bonds is 6. The number of ether oxygens (including phenoxy) is 1. The summed E-state index contributed by atoms with van der Waals surface area (Å²) < 4.78 is 45.9. The summed E-state index contributed by atoms with van der Waals surface area (Å²) in [6, 6.07) is 4.23. The van der Waals surface area contributed by atoms with Crippen LogP contribution in [0, 0.1) is 5.82 Å². The SMILES string of the molecule is COc1cc(-c2cnc(NC(C)=O)cc2Nc2ccnc(C(C)(F)F)n2)ncc1F. The van der Waals surface area contributed by atoms with Gasteiger partial charge in [0.2, 0.25) is 11.7 Å². The molecule has 30 heavy (non-hydrogen) atoms. The molecule has 0 fully saturated rings. The zero-order valence-electron chi connectivity index (χ0n) is 16.2. The minimum absolute atomic E-state index is 0.0353. The average molecular weight is 418 g/mol. The number of amides is 1. The first kappa shape index (κ1) is 21.0. The van der Waals surface area contributed by atoms with Crippen LogP contribution in [0.5, 0.6) is 5.75 Å². The average Bonchev–Trinajstić information content (AvgIpc) is 2.68. The van der Waals surface area contributed by atoms with Crippen LogP contribution in [0.4, 0.5) is 30.5 Å². The van der Waals surface area contributed by atoms with Crippen molar-refractivity contribution in [2.75, 3.05) is 17.7 Å². The van der Waals surface area contributed by atoms with Crippen LogP contribution in [-0.2, 0) is 10.7 Å². The van der Waals surface area contributed by atoms with E-state index in [0.717, 1.165) is 6.20 Å². The largest absolute Gasteiger partial charge is 0.494 e. The molecule has 0 unspecified atom stereocenters. The Bertz CT molecular complexity index is 1090. The van der Waals surface area contributed by atoms with Gasteiger partial charge in [0.15, 0.2) is 11.6 Å². The number of alkyl halides is 2. The van der Waals surface area contributed by atoms with E-state index in [1.165, 1.54) is 44.6 Å². The normalized spacial score (nSPS) is 11.1. The molecule has 156 valence electrons. The molecule has 0 aliphatic rings. The van der Waals surface area contributed by atoms with Crippen LogP contribution in [0.1, 0.15) is 19.7 Å². The molecule has 11 heteroatoms. The van der Waals surface area contributed by atoms with Crippen molar-refractivity contribution in [2.45, 2.75) is 19.8 Å². The van der Waals surface area contributed by atoms with Gasteiger partial charge in [-0.15, -0.1) is 0 Å². The summed E-state index contributed by atoms with van der Waals surface area (Å²) in [5.41, 5.74) is 1.03. The van der Waals surface area contributed by atoms with E-state index < -0.39 is 17.6 Å². The molecule has 0 aliphatic heterocycles. The number of hydrogen-bond acceptors (Lipinski definition) is 7. The number of nitrogens with zero attached hydrogens (tertiary/aromatic N) is 4. The summed E-state index contributed by atoms with van der Waals surface area (Å²) in [6.07, 6.45) is 3.57. The fourth-order valence-corrected chi connectivity index (χ4v) is 2.51. The van der Waals surface area contributed by atoms with Gasteiger partial charge in [0, 0.05) is 43.9 Å². The van der Waals surface area contributed by atoms with E-state index in [9.17, 15) is 18.0 Å². The highest BCUT2D eigenvalue weighted by molar-refractivity contribution is 5.89. The van der Waals surface area contributed by atoms with Crippen LogP contribution in [0.3, 0.4) is 0 Å². The van der Waals surface area contributed by atoms with Gasteiger partial charge in [0.1, 0.15) is 11.6 Å². The lowest BCUT2D eigenvalue weighted by molar-refractivity contribution is -0.114. The molecule has 8 nitrogen and oxygen atoms in total. The maximum Gasteiger partial charge on any atom is 0.303 e. The Balaban J connectivity index is 2.08. The van der Waals surface area contributed by atoms with Crippen LogP contribution in [0.25, 0.3) is 11.3 Å². The third-order valence-corrected chi connectivity index (χ3v) is 3.84. The lowest BCUT2D eigenvalue weighted by Crippen LogP contribution is -2.13. The Kier molecular flexibility index (Phi) is 5.81. The Morgan fingerprint density at radius 2 is 1.90 bits per heavy atom. The maximum absolute atomic E-state index is 13.7. The highest BCUT2D eigenvalue weighted by atomic mass is 19.3. The van der Waals surface area contributed by atoms with E-state index in [1.807, 2.05) is 0 Å². The van der Waals surface area contributed by atoms with E-state index in [2.05, 4.69) is 30.6 Å². The molecule has 0 aliphatic carbocycles. The van der Waals surface area contributed by atoms with Crippen molar-refractivity contribution < 1.29 is 22.7 Å². The molecule has 0 aromatic carbocycles. The van der Waals surface area contributed by atoms with E-state index in [4.69, 9.17) is 4.74 Å². The first-order valence-electron chi connectivity index (χ1n) is 8.63. The van der Waals surface area contributed by atoms with Crippen molar-refractivity contribution in [1.82, 2.24) is 19.9 Å². The molecule has 3 aromatic heterocycles. The van der Waals surface area contributed by atoms with Gasteiger partial charge in [0.05, 0.1) is 24.7 Å². The van der Waals surface area contributed by atoms with Crippen LogP contribution in [0.2, 0.25) is 0 Å². The third-order valence-electron chi connectivity index (χ3n) is 3.84. The lowest BCUT2D eigenvalue weighted by atomic mass is 10.1. The molecule has 1 amide bonds. The van der Waals surface area contributed by atoms with Crippen LogP contribution < -0.4 is 15.4 Å². The summed E-state index contributed by atoms with van der Waals surface area (Å²) in [4.78, 5) is 26.9. The van der Waals surface area contributed by atoms with Gasteiger partial charge in [-0.1, -0.05) is 0 Å².